The van der Waals surface area contributed by atoms with Crippen molar-refractivity contribution in [3.63, 3.8) is 0 Å². The average molecular weight is 621 g/mol. The van der Waals surface area contributed by atoms with E-state index in [1.54, 1.807) is 4.57 Å². The Morgan fingerprint density at radius 1 is 1.19 bits per heavy atom. The van der Waals surface area contributed by atoms with E-state index in [2.05, 4.69) is 23.6 Å². The average Bonchev–Trinajstić information content (AvgIpc) is 3.31. The van der Waals surface area contributed by atoms with E-state index in [0.717, 1.165) is 0 Å². The van der Waals surface area contributed by atoms with Crippen LogP contribution >= 0.6 is 45.1 Å². The van der Waals surface area contributed by atoms with Crippen LogP contribution in [0.5, 0.6) is 0 Å². The molecular weight excluding hydrogens is 598 g/mol. The molecule has 3 heterocycles. The molecule has 0 bridgehead atoms. The van der Waals surface area contributed by atoms with Gasteiger partial charge in [-0.1, -0.05) is 35.4 Å². The van der Waals surface area contributed by atoms with Crippen LogP contribution in [-0.4, -0.2) is 76.3 Å². The van der Waals surface area contributed by atoms with Crippen molar-refractivity contribution in [2.45, 2.75) is 43.4 Å². The van der Waals surface area contributed by atoms with Crippen LogP contribution in [0.4, 0.5) is 5.82 Å². The lowest BCUT2D eigenvalue weighted by Gasteiger charge is -2.22. The molecule has 17 nitrogen and oxygen atoms in total. The zero-order valence-electron chi connectivity index (χ0n) is 19.2. The van der Waals surface area contributed by atoms with Gasteiger partial charge < -0.3 is 34.8 Å². The minimum atomic E-state index is -5.66. The Labute approximate surface area is 219 Å². The number of nitrogens with zero attached hydrogens (tertiary/aromatic N) is 4. The predicted molar refractivity (Wildman–Crippen MR) is 133 cm³/mol. The smallest absolute Gasteiger partial charge is 0.382 e. The molecule has 0 amide bonds. The summed E-state index contributed by atoms with van der Waals surface area (Å²) in [4.78, 5) is 48.6. The molecule has 1 aliphatic heterocycles. The number of nitrogen functional groups attached to an aromatic ring is 1. The SMILES string of the molecule is [B]C(C)(C)SSCO[C@@H]1C[C@H](n2cnc3c(N)ncnc32)OC1COP(=O)(O)OP(=O)(O)OP(=O)(O)O. The number of aromatic nitrogens is 4. The molecule has 3 rings (SSSR count). The van der Waals surface area contributed by atoms with Crippen LogP contribution in [-0.2, 0) is 36.3 Å². The Bertz CT molecular complexity index is 1240. The van der Waals surface area contributed by atoms with Crippen molar-refractivity contribution >= 4 is 69.9 Å². The van der Waals surface area contributed by atoms with Gasteiger partial charge in [0.25, 0.3) is 0 Å². The molecule has 0 saturated carbocycles. The highest BCUT2D eigenvalue weighted by Crippen LogP contribution is 2.66. The molecule has 1 aliphatic rings. The van der Waals surface area contributed by atoms with E-state index in [0.29, 0.717) is 11.2 Å². The van der Waals surface area contributed by atoms with Gasteiger partial charge in [0.05, 0.1) is 26.9 Å². The number of anilines is 1. The molecule has 206 valence electrons. The van der Waals surface area contributed by atoms with Crippen LogP contribution < -0.4 is 5.73 Å². The van der Waals surface area contributed by atoms with E-state index < -0.39 is 53.2 Å². The third-order valence-corrected chi connectivity index (χ3v) is 10.8. The maximum absolute atomic E-state index is 12.2. The first-order valence-electron chi connectivity index (χ1n) is 10.0. The molecule has 5 atom stereocenters. The molecule has 1 saturated heterocycles. The summed E-state index contributed by atoms with van der Waals surface area (Å²) in [6, 6.07) is 0. The van der Waals surface area contributed by atoms with Gasteiger partial charge in [-0.3, -0.25) is 9.09 Å². The molecule has 0 aliphatic carbocycles. The van der Waals surface area contributed by atoms with Crippen LogP contribution in [0.2, 0.25) is 0 Å². The van der Waals surface area contributed by atoms with Crippen molar-refractivity contribution in [2.24, 2.45) is 0 Å². The fourth-order valence-electron chi connectivity index (χ4n) is 3.04. The number of rotatable bonds is 13. The van der Waals surface area contributed by atoms with E-state index in [1.165, 1.54) is 34.2 Å². The first-order chi connectivity index (χ1) is 16.9. The fraction of sp³-hybridized carbons (Fsp3) is 0.643. The summed E-state index contributed by atoms with van der Waals surface area (Å²) in [6.07, 6.45) is 0.405. The summed E-state index contributed by atoms with van der Waals surface area (Å²) in [6.45, 7) is 2.93. The van der Waals surface area contributed by atoms with Crippen LogP contribution in [0.25, 0.3) is 11.2 Å². The van der Waals surface area contributed by atoms with Crippen molar-refractivity contribution in [1.29, 1.82) is 0 Å². The topological polar surface area (TPSA) is 248 Å². The van der Waals surface area contributed by atoms with Crippen molar-refractivity contribution in [3.05, 3.63) is 12.7 Å². The molecule has 23 heteroatoms. The molecule has 1 fully saturated rings. The Morgan fingerprint density at radius 3 is 2.54 bits per heavy atom. The zero-order valence-corrected chi connectivity index (χ0v) is 23.5. The number of nitrogens with two attached hydrogens (primary N) is 1. The standard InChI is InChI=1S/C14H23BN5O12P3S2/c1-14(2,15)37-36-7-28-8-3-10(20-6-19-11-12(16)17-5-18-13(11)20)30-9(8)4-29-34(24,25)32-35(26,27)31-33(21,22)23/h5-6,8-10H,3-4,7H2,1-2H3,(H,24,25)(H,26,27)(H2,16,17,18)(H2,21,22,23)/t8-,9?,10-/m1/s1. The molecule has 2 aromatic heterocycles. The maximum Gasteiger partial charge on any atom is 0.490 e. The summed E-state index contributed by atoms with van der Waals surface area (Å²) in [5, 5.41) is 0. The first-order valence-corrected chi connectivity index (χ1v) is 16.9. The monoisotopic (exact) mass is 621 g/mol. The molecule has 0 aromatic carbocycles. The van der Waals surface area contributed by atoms with E-state index in [-0.39, 0.29) is 18.2 Å². The van der Waals surface area contributed by atoms with Gasteiger partial charge in [0, 0.05) is 6.42 Å². The van der Waals surface area contributed by atoms with Gasteiger partial charge >= 0.3 is 23.5 Å². The minimum Gasteiger partial charge on any atom is -0.382 e. The molecule has 37 heavy (non-hydrogen) atoms. The zero-order chi connectivity index (χ0) is 27.6. The minimum absolute atomic E-state index is 0.150. The van der Waals surface area contributed by atoms with E-state index in [1.807, 2.05) is 13.8 Å². The van der Waals surface area contributed by atoms with Crippen LogP contribution in [0.1, 0.15) is 26.5 Å². The number of imidazole rings is 1. The molecule has 2 aromatic rings. The van der Waals surface area contributed by atoms with Gasteiger partial charge in [-0.2, -0.15) is 8.62 Å². The van der Waals surface area contributed by atoms with Gasteiger partial charge in [-0.05, 0) is 4.65 Å². The van der Waals surface area contributed by atoms with Gasteiger partial charge in [0.15, 0.2) is 11.5 Å². The number of hydrogen-bond donors (Lipinski definition) is 5. The number of fused-ring (bicyclic) bond motifs is 1. The highest BCUT2D eigenvalue weighted by molar-refractivity contribution is 8.77. The summed E-state index contributed by atoms with van der Waals surface area (Å²) in [5.41, 5.74) is 6.51. The number of phosphoric ester groups is 1. The van der Waals surface area contributed by atoms with Crippen molar-refractivity contribution < 1.29 is 55.9 Å². The lowest BCUT2D eigenvalue weighted by atomic mass is 9.91. The van der Waals surface area contributed by atoms with Gasteiger partial charge in [0.1, 0.15) is 30.1 Å². The molecule has 2 radical (unpaired) electrons. The number of ether oxygens (including phenoxy) is 2. The fourth-order valence-corrected chi connectivity index (χ4v) is 7.87. The van der Waals surface area contributed by atoms with Crippen molar-refractivity contribution in [3.8, 4) is 0 Å². The largest absolute Gasteiger partial charge is 0.490 e. The number of phosphoric acid groups is 3. The summed E-state index contributed by atoms with van der Waals surface area (Å²) in [7, 11) is -7.94. The normalized spacial score (nSPS) is 24.2. The van der Waals surface area contributed by atoms with Crippen LogP contribution in [0, 0.1) is 0 Å². The van der Waals surface area contributed by atoms with Crippen molar-refractivity contribution in [2.75, 3.05) is 18.3 Å². The second-order valence-corrected chi connectivity index (χ2v) is 15.3. The lowest BCUT2D eigenvalue weighted by molar-refractivity contribution is -0.0522. The molecule has 0 spiro atoms. The second kappa shape index (κ2) is 11.9. The molecule has 6 N–H and O–H groups in total. The van der Waals surface area contributed by atoms with Gasteiger partial charge in [-0.15, -0.1) is 0 Å². The van der Waals surface area contributed by atoms with Crippen LogP contribution in [0.15, 0.2) is 12.7 Å². The molecular formula is C14H23BN5O12P3S2. The molecule has 3 unspecified atom stereocenters. The quantitative estimate of drug-likeness (QED) is 0.0701. The Morgan fingerprint density at radius 2 is 1.89 bits per heavy atom. The summed E-state index contributed by atoms with van der Waals surface area (Å²) >= 11 is 0. The van der Waals surface area contributed by atoms with Gasteiger partial charge in [-0.25, -0.2) is 28.6 Å². The highest BCUT2D eigenvalue weighted by atomic mass is 33.1. The van der Waals surface area contributed by atoms with Gasteiger partial charge in [0.2, 0.25) is 0 Å². The van der Waals surface area contributed by atoms with Crippen LogP contribution in [0.3, 0.4) is 0 Å². The van der Waals surface area contributed by atoms with E-state index in [4.69, 9.17) is 37.4 Å². The summed E-state index contributed by atoms with van der Waals surface area (Å²) in [5.74, 6) is 0.300. The van der Waals surface area contributed by atoms with E-state index >= 15 is 0 Å². The third kappa shape index (κ3) is 9.55. The highest BCUT2D eigenvalue weighted by Gasteiger charge is 2.43. The number of hydrogen-bond acceptors (Lipinski definition) is 14. The van der Waals surface area contributed by atoms with E-state index in [9.17, 15) is 23.5 Å². The summed E-state index contributed by atoms with van der Waals surface area (Å²) < 4.78 is 59.5. The van der Waals surface area contributed by atoms with Crippen molar-refractivity contribution in [1.82, 2.24) is 19.5 Å². The Kier molecular flexibility index (Phi) is 9.96. The Hall–Kier alpha value is -0.555. The second-order valence-electron chi connectivity index (χ2n) is 7.96. The third-order valence-electron chi connectivity index (χ3n) is 4.30. The maximum atomic E-state index is 12.2. The lowest BCUT2D eigenvalue weighted by Crippen LogP contribution is -2.29. The predicted octanol–water partition coefficient (Wildman–Crippen LogP) is 1.67. The first kappa shape index (κ1) is 31.0. The Balaban J connectivity index is 1.71.